The molecule has 1 aromatic rings. The van der Waals surface area contributed by atoms with Gasteiger partial charge in [0.05, 0.1) is 13.7 Å². The average Bonchev–Trinajstić information content (AvgIpc) is 2.95. The molecule has 0 radical (unpaired) electrons. The molecule has 3 nitrogen and oxygen atoms in total. The van der Waals surface area contributed by atoms with Gasteiger partial charge in [0.2, 0.25) is 0 Å². The summed E-state index contributed by atoms with van der Waals surface area (Å²) in [6, 6.07) is 6.85. The number of benzene rings is 1. The molecule has 2 aliphatic heterocycles. The SMILES string of the molecule is COc1ccc2c(c1)C(C)(C[C@@H]1CCCN1C)CO2. The molecule has 1 unspecified atom stereocenters. The highest BCUT2D eigenvalue weighted by Gasteiger charge is 2.40. The number of nitrogens with zero attached hydrogens (tertiary/aromatic N) is 1. The Morgan fingerprint density at radius 3 is 3.00 bits per heavy atom. The molecule has 2 atom stereocenters. The van der Waals surface area contributed by atoms with Crippen molar-refractivity contribution in [1.82, 2.24) is 4.90 Å². The van der Waals surface area contributed by atoms with Crippen molar-refractivity contribution in [3.8, 4) is 11.5 Å². The van der Waals surface area contributed by atoms with Crippen LogP contribution in [0.5, 0.6) is 11.5 Å². The highest BCUT2D eigenvalue weighted by atomic mass is 16.5. The fourth-order valence-electron chi connectivity index (χ4n) is 3.47. The third-order valence-electron chi connectivity index (χ3n) is 4.74. The molecule has 2 aliphatic rings. The average molecular weight is 261 g/mol. The Balaban J connectivity index is 1.86. The van der Waals surface area contributed by atoms with Gasteiger partial charge in [-0.05, 0) is 51.1 Å². The van der Waals surface area contributed by atoms with E-state index in [1.165, 1.54) is 31.4 Å². The second-order valence-electron chi connectivity index (χ2n) is 6.19. The van der Waals surface area contributed by atoms with Gasteiger partial charge in [-0.2, -0.15) is 0 Å². The van der Waals surface area contributed by atoms with Crippen molar-refractivity contribution in [3.05, 3.63) is 23.8 Å². The van der Waals surface area contributed by atoms with E-state index in [0.717, 1.165) is 18.1 Å². The Hall–Kier alpha value is -1.22. The van der Waals surface area contributed by atoms with Gasteiger partial charge in [0, 0.05) is 17.0 Å². The maximum atomic E-state index is 5.89. The molecule has 1 saturated heterocycles. The van der Waals surface area contributed by atoms with Crippen LogP contribution >= 0.6 is 0 Å². The second-order valence-corrected chi connectivity index (χ2v) is 6.19. The van der Waals surface area contributed by atoms with E-state index in [1.54, 1.807) is 7.11 Å². The Morgan fingerprint density at radius 1 is 1.47 bits per heavy atom. The third kappa shape index (κ3) is 2.20. The van der Waals surface area contributed by atoms with Crippen LogP contribution in [0.3, 0.4) is 0 Å². The molecule has 0 aromatic heterocycles. The first-order valence-corrected chi connectivity index (χ1v) is 7.14. The normalized spacial score (nSPS) is 30.2. The van der Waals surface area contributed by atoms with Crippen LogP contribution in [-0.2, 0) is 5.41 Å². The summed E-state index contributed by atoms with van der Waals surface area (Å²) >= 11 is 0. The fraction of sp³-hybridized carbons (Fsp3) is 0.625. The lowest BCUT2D eigenvalue weighted by Crippen LogP contribution is -2.35. The van der Waals surface area contributed by atoms with Crippen molar-refractivity contribution in [2.75, 3.05) is 27.3 Å². The lowest BCUT2D eigenvalue weighted by Gasteiger charge is -2.30. The zero-order chi connectivity index (χ0) is 13.5. The Morgan fingerprint density at radius 2 is 2.32 bits per heavy atom. The minimum atomic E-state index is 0.118. The molecular formula is C16H23NO2. The van der Waals surface area contributed by atoms with E-state index in [2.05, 4.69) is 24.9 Å². The van der Waals surface area contributed by atoms with E-state index < -0.39 is 0 Å². The standard InChI is InChI=1S/C16H23NO2/c1-16(10-12-5-4-8-17(12)2)11-19-15-7-6-13(18-3)9-14(15)16/h6-7,9,12H,4-5,8,10-11H2,1-3H3/t12-,16?/m0/s1. The topological polar surface area (TPSA) is 21.7 Å². The van der Waals surface area contributed by atoms with Crippen LogP contribution in [0.4, 0.5) is 0 Å². The number of rotatable bonds is 3. The van der Waals surface area contributed by atoms with Crippen molar-refractivity contribution in [2.24, 2.45) is 0 Å². The van der Waals surface area contributed by atoms with Crippen molar-refractivity contribution in [1.29, 1.82) is 0 Å². The van der Waals surface area contributed by atoms with E-state index >= 15 is 0 Å². The highest BCUT2D eigenvalue weighted by molar-refractivity contribution is 5.47. The molecule has 0 bridgehead atoms. The van der Waals surface area contributed by atoms with Crippen LogP contribution in [0.25, 0.3) is 0 Å². The zero-order valence-corrected chi connectivity index (χ0v) is 12.1. The van der Waals surface area contributed by atoms with Gasteiger partial charge in [-0.1, -0.05) is 6.92 Å². The third-order valence-corrected chi connectivity index (χ3v) is 4.74. The van der Waals surface area contributed by atoms with Crippen molar-refractivity contribution >= 4 is 0 Å². The minimum Gasteiger partial charge on any atom is -0.497 e. The number of likely N-dealkylation sites (tertiary alicyclic amines) is 1. The smallest absolute Gasteiger partial charge is 0.123 e. The predicted molar refractivity (Wildman–Crippen MR) is 76.1 cm³/mol. The van der Waals surface area contributed by atoms with Crippen LogP contribution in [0.2, 0.25) is 0 Å². The molecule has 3 heteroatoms. The first kappa shape index (κ1) is 12.8. The van der Waals surface area contributed by atoms with Crippen LogP contribution in [0, 0.1) is 0 Å². The highest BCUT2D eigenvalue weighted by Crippen LogP contribution is 2.44. The number of methoxy groups -OCH3 is 1. The molecule has 104 valence electrons. The van der Waals surface area contributed by atoms with Gasteiger partial charge < -0.3 is 14.4 Å². The van der Waals surface area contributed by atoms with E-state index in [9.17, 15) is 0 Å². The van der Waals surface area contributed by atoms with E-state index in [-0.39, 0.29) is 5.41 Å². The molecule has 0 N–H and O–H groups in total. The number of hydrogen-bond donors (Lipinski definition) is 0. The number of hydrogen-bond acceptors (Lipinski definition) is 3. The predicted octanol–water partition coefficient (Wildman–Crippen LogP) is 2.83. The second kappa shape index (κ2) is 4.71. The molecule has 0 amide bonds. The molecule has 0 saturated carbocycles. The first-order chi connectivity index (χ1) is 9.12. The van der Waals surface area contributed by atoms with Crippen LogP contribution in [0.15, 0.2) is 18.2 Å². The maximum Gasteiger partial charge on any atom is 0.123 e. The molecule has 1 fully saturated rings. The summed E-state index contributed by atoms with van der Waals surface area (Å²) in [6.45, 7) is 4.34. The Labute approximate surface area is 115 Å². The molecule has 0 aliphatic carbocycles. The lowest BCUT2D eigenvalue weighted by atomic mass is 9.78. The summed E-state index contributed by atoms with van der Waals surface area (Å²) in [6.07, 6.45) is 3.80. The van der Waals surface area contributed by atoms with Crippen LogP contribution in [-0.4, -0.2) is 38.3 Å². The summed E-state index contributed by atoms with van der Waals surface area (Å²) in [4.78, 5) is 2.49. The summed E-state index contributed by atoms with van der Waals surface area (Å²) in [7, 11) is 3.96. The zero-order valence-electron chi connectivity index (χ0n) is 12.1. The summed E-state index contributed by atoms with van der Waals surface area (Å²) in [5.41, 5.74) is 1.43. The molecule has 1 aromatic carbocycles. The van der Waals surface area contributed by atoms with Crippen LogP contribution in [0.1, 0.15) is 31.7 Å². The number of ether oxygens (including phenoxy) is 2. The van der Waals surface area contributed by atoms with Gasteiger partial charge in [0.1, 0.15) is 11.5 Å². The van der Waals surface area contributed by atoms with E-state index in [1.807, 2.05) is 12.1 Å². The quantitative estimate of drug-likeness (QED) is 0.835. The summed E-state index contributed by atoms with van der Waals surface area (Å²) in [5.74, 6) is 1.96. The van der Waals surface area contributed by atoms with E-state index in [4.69, 9.17) is 9.47 Å². The largest absolute Gasteiger partial charge is 0.497 e. The van der Waals surface area contributed by atoms with Gasteiger partial charge in [0.15, 0.2) is 0 Å². The Kier molecular flexibility index (Phi) is 3.17. The van der Waals surface area contributed by atoms with Gasteiger partial charge in [0.25, 0.3) is 0 Å². The maximum absolute atomic E-state index is 5.89. The van der Waals surface area contributed by atoms with Crippen molar-refractivity contribution < 1.29 is 9.47 Å². The molecule has 19 heavy (non-hydrogen) atoms. The van der Waals surface area contributed by atoms with Gasteiger partial charge in [-0.15, -0.1) is 0 Å². The molecule has 0 spiro atoms. The molecular weight excluding hydrogens is 238 g/mol. The van der Waals surface area contributed by atoms with Gasteiger partial charge >= 0.3 is 0 Å². The van der Waals surface area contributed by atoms with Gasteiger partial charge in [-0.25, -0.2) is 0 Å². The van der Waals surface area contributed by atoms with E-state index in [0.29, 0.717) is 6.04 Å². The minimum absolute atomic E-state index is 0.118. The van der Waals surface area contributed by atoms with Crippen LogP contribution < -0.4 is 9.47 Å². The molecule has 3 rings (SSSR count). The summed E-state index contributed by atoms with van der Waals surface area (Å²) in [5, 5.41) is 0. The summed E-state index contributed by atoms with van der Waals surface area (Å²) < 4.78 is 11.2. The number of fused-ring (bicyclic) bond motifs is 1. The first-order valence-electron chi connectivity index (χ1n) is 7.14. The molecule has 2 heterocycles. The monoisotopic (exact) mass is 261 g/mol. The lowest BCUT2D eigenvalue weighted by molar-refractivity contribution is 0.208. The van der Waals surface area contributed by atoms with Crippen molar-refractivity contribution in [3.63, 3.8) is 0 Å². The fourth-order valence-corrected chi connectivity index (χ4v) is 3.47. The van der Waals surface area contributed by atoms with Crippen molar-refractivity contribution in [2.45, 2.75) is 37.6 Å². The Bertz CT molecular complexity index is 474. The van der Waals surface area contributed by atoms with Gasteiger partial charge in [-0.3, -0.25) is 0 Å².